The molecule has 0 aliphatic heterocycles. The third-order valence-electron chi connectivity index (χ3n) is 3.50. The number of ether oxygens (including phenoxy) is 1. The van der Waals surface area contributed by atoms with Crippen molar-refractivity contribution in [1.29, 1.82) is 0 Å². The summed E-state index contributed by atoms with van der Waals surface area (Å²) in [7, 11) is 1.28. The number of anilines is 1. The number of thiocarbonyl (C=S) groups is 1. The van der Waals surface area contributed by atoms with Crippen LogP contribution in [0.3, 0.4) is 0 Å². The van der Waals surface area contributed by atoms with Crippen LogP contribution in [0.15, 0.2) is 24.3 Å². The minimum Gasteiger partial charge on any atom is -0.465 e. The summed E-state index contributed by atoms with van der Waals surface area (Å²) >= 11 is 23.1. The predicted octanol–water partition coefficient (Wildman–Crippen LogP) is 3.51. The summed E-state index contributed by atoms with van der Waals surface area (Å²) in [6.45, 7) is 4.64. The van der Waals surface area contributed by atoms with Crippen LogP contribution in [0.25, 0.3) is 0 Å². The molecule has 0 aliphatic carbocycles. The highest BCUT2D eigenvalue weighted by molar-refractivity contribution is 7.80. The zero-order valence-electron chi connectivity index (χ0n) is 15.0. The van der Waals surface area contributed by atoms with Crippen molar-refractivity contribution in [3.05, 3.63) is 29.8 Å². The number of hydrogen-bond donors (Lipinski definition) is 3. The topological polar surface area (TPSA) is 82.7 Å². The molecule has 0 spiro atoms. The van der Waals surface area contributed by atoms with E-state index in [4.69, 9.17) is 51.8 Å². The van der Waals surface area contributed by atoms with Crippen LogP contribution in [0.2, 0.25) is 0 Å². The lowest BCUT2D eigenvalue weighted by Crippen LogP contribution is -2.58. The molecule has 1 aromatic carbocycles. The second-order valence-electron chi connectivity index (χ2n) is 5.23. The van der Waals surface area contributed by atoms with Crippen LogP contribution in [0.5, 0.6) is 0 Å². The van der Waals surface area contributed by atoms with Crippen LogP contribution in [0.1, 0.15) is 24.2 Å². The number of urea groups is 1. The first-order chi connectivity index (χ1) is 12.6. The summed E-state index contributed by atoms with van der Waals surface area (Å²) in [5.41, 5.74) is 0.682. The summed E-state index contributed by atoms with van der Waals surface area (Å²) < 4.78 is 2.85. The average Bonchev–Trinajstić information content (AvgIpc) is 2.61. The van der Waals surface area contributed by atoms with Gasteiger partial charge in [0.15, 0.2) is 11.3 Å². The Bertz CT molecular complexity index is 681. The highest BCUT2D eigenvalue weighted by Gasteiger charge is 2.35. The SMILES string of the molecule is CCN(CC)C(=O)N[C@H](NC(=S)Nc1ccccc1C(=O)OC)C(Cl)(Cl)Cl. The maximum Gasteiger partial charge on any atom is 0.339 e. The molecule has 7 nitrogen and oxygen atoms in total. The van der Waals surface area contributed by atoms with Gasteiger partial charge in [0.05, 0.1) is 18.4 Å². The van der Waals surface area contributed by atoms with E-state index < -0.39 is 22.0 Å². The zero-order chi connectivity index (χ0) is 20.6. The largest absolute Gasteiger partial charge is 0.465 e. The van der Waals surface area contributed by atoms with E-state index in [-0.39, 0.29) is 10.7 Å². The van der Waals surface area contributed by atoms with Gasteiger partial charge in [0.25, 0.3) is 0 Å². The lowest BCUT2D eigenvalue weighted by Gasteiger charge is -2.30. The number of nitrogens with one attached hydrogen (secondary N) is 3. The lowest BCUT2D eigenvalue weighted by atomic mass is 10.2. The molecule has 0 aliphatic rings. The Kier molecular flexibility index (Phi) is 9.38. The van der Waals surface area contributed by atoms with E-state index in [0.717, 1.165) is 0 Å². The summed E-state index contributed by atoms with van der Waals surface area (Å²) in [5.74, 6) is -0.534. The monoisotopic (exact) mass is 454 g/mol. The molecule has 27 heavy (non-hydrogen) atoms. The van der Waals surface area contributed by atoms with E-state index in [1.165, 1.54) is 12.0 Å². The molecule has 2 amide bonds. The van der Waals surface area contributed by atoms with Crippen LogP contribution in [-0.2, 0) is 4.74 Å². The van der Waals surface area contributed by atoms with Crippen LogP contribution < -0.4 is 16.0 Å². The maximum absolute atomic E-state index is 12.3. The number of hydrogen-bond acceptors (Lipinski definition) is 4. The van der Waals surface area contributed by atoms with Crippen LogP contribution in [0, 0.1) is 0 Å². The first-order valence-corrected chi connectivity index (χ1v) is 9.55. The number of esters is 1. The van der Waals surface area contributed by atoms with Crippen LogP contribution >= 0.6 is 47.0 Å². The molecule has 0 radical (unpaired) electrons. The Morgan fingerprint density at radius 3 is 2.30 bits per heavy atom. The molecule has 1 aromatic rings. The second-order valence-corrected chi connectivity index (χ2v) is 8.01. The maximum atomic E-state index is 12.3. The molecular formula is C16H21Cl3N4O3S. The number of rotatable bonds is 6. The van der Waals surface area contributed by atoms with E-state index in [2.05, 4.69) is 16.0 Å². The highest BCUT2D eigenvalue weighted by atomic mass is 35.6. The quantitative estimate of drug-likeness (QED) is 0.263. The molecule has 0 unspecified atom stereocenters. The molecule has 0 saturated carbocycles. The Morgan fingerprint density at radius 2 is 1.78 bits per heavy atom. The smallest absolute Gasteiger partial charge is 0.339 e. The fourth-order valence-corrected chi connectivity index (χ4v) is 2.65. The van der Waals surface area contributed by atoms with Crippen molar-refractivity contribution in [3.8, 4) is 0 Å². The summed E-state index contributed by atoms with van der Waals surface area (Å²) in [6.07, 6.45) is -1.11. The van der Waals surface area contributed by atoms with Crippen molar-refractivity contribution in [2.45, 2.75) is 23.8 Å². The minimum atomic E-state index is -1.88. The third-order valence-corrected chi connectivity index (χ3v) is 4.38. The van der Waals surface area contributed by atoms with E-state index >= 15 is 0 Å². The molecule has 0 fully saturated rings. The molecule has 0 bridgehead atoms. The first kappa shape index (κ1) is 23.6. The van der Waals surface area contributed by atoms with Gasteiger partial charge in [-0.25, -0.2) is 9.59 Å². The van der Waals surface area contributed by atoms with E-state index in [0.29, 0.717) is 18.8 Å². The lowest BCUT2D eigenvalue weighted by molar-refractivity contribution is 0.0602. The standard InChI is InChI=1S/C16H21Cl3N4O3S/c1-4-23(5-2)15(25)22-13(16(17,18)19)21-14(27)20-11-9-7-6-8-10(11)12(24)26-3/h6-9,13H,4-5H2,1-3H3,(H,22,25)(H2,20,21,27)/t13-/m0/s1. The molecule has 0 aromatic heterocycles. The number of benzene rings is 1. The highest BCUT2D eigenvalue weighted by Crippen LogP contribution is 2.29. The van der Waals surface area contributed by atoms with Crippen molar-refractivity contribution in [1.82, 2.24) is 15.5 Å². The minimum absolute atomic E-state index is 0.0440. The van der Waals surface area contributed by atoms with Crippen molar-refractivity contribution in [2.24, 2.45) is 0 Å². The van der Waals surface area contributed by atoms with Gasteiger partial charge in [-0.2, -0.15) is 0 Å². The van der Waals surface area contributed by atoms with Crippen molar-refractivity contribution in [2.75, 3.05) is 25.5 Å². The molecule has 0 saturated heterocycles. The van der Waals surface area contributed by atoms with Gasteiger partial charge in [-0.1, -0.05) is 46.9 Å². The Hall–Kier alpha value is -1.48. The summed E-state index contributed by atoms with van der Waals surface area (Å²) in [6, 6.07) is 6.19. The van der Waals surface area contributed by atoms with Crippen molar-refractivity contribution < 1.29 is 14.3 Å². The van der Waals surface area contributed by atoms with E-state index in [9.17, 15) is 9.59 Å². The van der Waals surface area contributed by atoms with Crippen LogP contribution in [0.4, 0.5) is 10.5 Å². The van der Waals surface area contributed by atoms with Gasteiger partial charge >= 0.3 is 12.0 Å². The van der Waals surface area contributed by atoms with Gasteiger partial charge in [-0.3, -0.25) is 0 Å². The van der Waals surface area contributed by atoms with E-state index in [1.54, 1.807) is 24.3 Å². The first-order valence-electron chi connectivity index (χ1n) is 8.01. The number of carbonyl (C=O) groups excluding carboxylic acids is 2. The number of para-hydroxylation sites is 1. The number of methoxy groups -OCH3 is 1. The number of amides is 2. The van der Waals surface area contributed by atoms with Gasteiger partial charge < -0.3 is 25.6 Å². The van der Waals surface area contributed by atoms with E-state index in [1.807, 2.05) is 13.8 Å². The number of nitrogens with zero attached hydrogens (tertiary/aromatic N) is 1. The number of carbonyl (C=O) groups is 2. The molecule has 11 heteroatoms. The van der Waals surface area contributed by atoms with Crippen LogP contribution in [-0.4, -0.2) is 52.2 Å². The predicted molar refractivity (Wildman–Crippen MR) is 113 cm³/mol. The molecular weight excluding hydrogens is 435 g/mol. The number of halogens is 3. The Morgan fingerprint density at radius 1 is 1.19 bits per heavy atom. The Labute approximate surface area is 178 Å². The average molecular weight is 456 g/mol. The van der Waals surface area contributed by atoms with Crippen molar-refractivity contribution in [3.63, 3.8) is 0 Å². The normalized spacial score (nSPS) is 11.9. The van der Waals surface area contributed by atoms with Gasteiger partial charge in [-0.05, 0) is 38.2 Å². The third kappa shape index (κ3) is 7.21. The van der Waals surface area contributed by atoms with Gasteiger partial charge in [-0.15, -0.1) is 0 Å². The summed E-state index contributed by atoms with van der Waals surface area (Å²) in [4.78, 5) is 25.6. The fraction of sp³-hybridized carbons (Fsp3) is 0.438. The number of alkyl halides is 3. The molecule has 1 rings (SSSR count). The zero-order valence-corrected chi connectivity index (χ0v) is 18.1. The molecule has 3 N–H and O–H groups in total. The van der Waals surface area contributed by atoms with Gasteiger partial charge in [0.1, 0.15) is 0 Å². The molecule has 150 valence electrons. The van der Waals surface area contributed by atoms with Crippen molar-refractivity contribution >= 4 is 69.8 Å². The Balaban J connectivity index is 2.90. The fourth-order valence-electron chi connectivity index (χ4n) is 2.09. The summed E-state index contributed by atoms with van der Waals surface area (Å²) in [5, 5.41) is 8.20. The molecule has 1 atom stereocenters. The second kappa shape index (κ2) is 10.8. The van der Waals surface area contributed by atoms with Gasteiger partial charge in [0, 0.05) is 13.1 Å². The molecule has 0 heterocycles. The van der Waals surface area contributed by atoms with Gasteiger partial charge in [0.2, 0.25) is 3.79 Å².